The molecule has 0 aliphatic heterocycles. The Kier molecular flexibility index (Phi) is 5.15. The summed E-state index contributed by atoms with van der Waals surface area (Å²) in [5.41, 5.74) is 5.47. The number of carbonyl (C=O) groups excluding carboxylic acids is 1. The van der Waals surface area contributed by atoms with Crippen LogP contribution >= 0.6 is 0 Å². The number of ether oxygens (including phenoxy) is 2. The largest absolute Gasteiger partial charge is 0.491 e. The molecule has 0 aromatic heterocycles. The van der Waals surface area contributed by atoms with Crippen molar-refractivity contribution in [2.75, 3.05) is 19.0 Å². The van der Waals surface area contributed by atoms with Crippen molar-refractivity contribution < 1.29 is 14.3 Å². The van der Waals surface area contributed by atoms with Gasteiger partial charge in [-0.1, -0.05) is 32.9 Å². The Hall–Kier alpha value is -2.83. The summed E-state index contributed by atoms with van der Waals surface area (Å²) in [5, 5.41) is 2.89. The van der Waals surface area contributed by atoms with E-state index in [0.29, 0.717) is 5.69 Å². The van der Waals surface area contributed by atoms with E-state index >= 15 is 0 Å². The van der Waals surface area contributed by atoms with Gasteiger partial charge in [0.2, 0.25) is 0 Å². The Morgan fingerprint density at radius 3 is 2.24 bits per heavy atom. The number of benzene rings is 1. The van der Waals surface area contributed by atoms with E-state index in [-0.39, 0.29) is 29.4 Å². The number of anilines is 2. The van der Waals surface area contributed by atoms with Crippen molar-refractivity contribution in [3.05, 3.63) is 50.3 Å². The molecule has 0 bridgehead atoms. The van der Waals surface area contributed by atoms with Crippen molar-refractivity contribution in [3.63, 3.8) is 0 Å². The van der Waals surface area contributed by atoms with Crippen LogP contribution in [0, 0.1) is 5.41 Å². The van der Waals surface area contributed by atoms with Crippen LogP contribution in [0.25, 0.3) is 0 Å². The topological polar surface area (TPSA) is 108 Å². The zero-order chi connectivity index (χ0) is 18.8. The highest BCUT2D eigenvalue weighted by atomic mass is 16.5. The number of rotatable bonds is 6. The molecule has 7 heteroatoms. The Bertz CT molecular complexity index is 827. The summed E-state index contributed by atoms with van der Waals surface area (Å²) in [4.78, 5) is 33.8. The number of amides is 1. The standard InChI is InChI=1S/C18H22N2O5/c1-18(2,3)12(9-25-17(19)23)10-5-7-11(8-6-10)20-13-14(21)15(22)16(13)24-4/h5-8,12,20H,9H2,1-4H3,(H2,19,23). The second-order valence-corrected chi connectivity index (χ2v) is 6.86. The van der Waals surface area contributed by atoms with E-state index in [2.05, 4.69) is 5.32 Å². The van der Waals surface area contributed by atoms with Crippen LogP contribution in [-0.2, 0) is 4.74 Å². The quantitative estimate of drug-likeness (QED) is 0.777. The first kappa shape index (κ1) is 18.5. The molecular weight excluding hydrogens is 324 g/mol. The molecule has 3 N–H and O–H groups in total. The molecule has 25 heavy (non-hydrogen) atoms. The molecule has 134 valence electrons. The molecule has 2 rings (SSSR count). The zero-order valence-corrected chi connectivity index (χ0v) is 14.7. The van der Waals surface area contributed by atoms with Crippen LogP contribution in [0.4, 0.5) is 16.2 Å². The van der Waals surface area contributed by atoms with E-state index in [1.807, 2.05) is 32.9 Å². The molecule has 0 aliphatic rings. The predicted octanol–water partition coefficient (Wildman–Crippen LogP) is 2.26. The van der Waals surface area contributed by atoms with Gasteiger partial charge in [-0.25, -0.2) is 4.79 Å². The van der Waals surface area contributed by atoms with Gasteiger partial charge in [0.05, 0.1) is 7.11 Å². The number of carbonyl (C=O) groups is 1. The fraction of sp³-hybridized carbons (Fsp3) is 0.389. The van der Waals surface area contributed by atoms with Gasteiger partial charge in [-0.3, -0.25) is 9.59 Å². The Morgan fingerprint density at radius 2 is 1.76 bits per heavy atom. The molecule has 2 aromatic carbocycles. The molecule has 0 heterocycles. The number of primary amides is 1. The lowest BCUT2D eigenvalue weighted by molar-refractivity contribution is 0.126. The van der Waals surface area contributed by atoms with Gasteiger partial charge in [-0.2, -0.15) is 0 Å². The molecule has 0 aliphatic carbocycles. The Morgan fingerprint density at radius 1 is 1.16 bits per heavy atom. The molecule has 2 aromatic rings. The lowest BCUT2D eigenvalue weighted by Crippen LogP contribution is -2.34. The molecule has 0 radical (unpaired) electrons. The first-order chi connectivity index (χ1) is 11.6. The highest BCUT2D eigenvalue weighted by molar-refractivity contribution is 5.70. The summed E-state index contributed by atoms with van der Waals surface area (Å²) in [7, 11) is 1.34. The summed E-state index contributed by atoms with van der Waals surface area (Å²) < 4.78 is 9.88. The van der Waals surface area contributed by atoms with Crippen LogP contribution in [0.15, 0.2) is 33.9 Å². The third-order valence-electron chi connectivity index (χ3n) is 4.09. The van der Waals surface area contributed by atoms with Crippen LogP contribution in [0.1, 0.15) is 32.3 Å². The van der Waals surface area contributed by atoms with E-state index in [1.165, 1.54) is 7.11 Å². The maximum Gasteiger partial charge on any atom is 0.404 e. The van der Waals surface area contributed by atoms with Gasteiger partial charge in [-0.15, -0.1) is 0 Å². The Balaban J connectivity index is 2.19. The van der Waals surface area contributed by atoms with E-state index < -0.39 is 17.0 Å². The number of hydrogen-bond acceptors (Lipinski definition) is 6. The van der Waals surface area contributed by atoms with Crippen molar-refractivity contribution in [1.29, 1.82) is 0 Å². The maximum atomic E-state index is 11.6. The van der Waals surface area contributed by atoms with Gasteiger partial charge < -0.3 is 20.5 Å². The molecule has 0 saturated heterocycles. The van der Waals surface area contributed by atoms with Gasteiger partial charge in [-0.05, 0) is 23.1 Å². The summed E-state index contributed by atoms with van der Waals surface area (Å²) in [5.74, 6) is -0.00813. The molecule has 1 amide bonds. The summed E-state index contributed by atoms with van der Waals surface area (Å²) in [6.07, 6.45) is -0.806. The summed E-state index contributed by atoms with van der Waals surface area (Å²) >= 11 is 0. The minimum absolute atomic E-state index is 0.0384. The smallest absolute Gasteiger partial charge is 0.404 e. The monoisotopic (exact) mass is 346 g/mol. The molecule has 7 nitrogen and oxygen atoms in total. The van der Waals surface area contributed by atoms with Gasteiger partial charge in [0.15, 0.2) is 5.75 Å². The first-order valence-electron chi connectivity index (χ1n) is 7.81. The van der Waals surface area contributed by atoms with Crippen molar-refractivity contribution in [2.45, 2.75) is 26.7 Å². The normalized spacial score (nSPS) is 12.6. The molecular formula is C18H22N2O5. The first-order valence-corrected chi connectivity index (χ1v) is 7.81. The summed E-state index contributed by atoms with van der Waals surface area (Å²) in [6.45, 7) is 6.31. The molecule has 1 atom stereocenters. The highest BCUT2D eigenvalue weighted by Crippen LogP contribution is 2.36. The lowest BCUT2D eigenvalue weighted by atomic mass is 9.77. The Labute approximate surface area is 145 Å². The lowest BCUT2D eigenvalue weighted by Gasteiger charge is -2.30. The van der Waals surface area contributed by atoms with Crippen LogP contribution in [-0.4, -0.2) is 19.8 Å². The van der Waals surface area contributed by atoms with Gasteiger partial charge in [0.25, 0.3) is 10.9 Å². The van der Waals surface area contributed by atoms with E-state index in [0.717, 1.165) is 5.56 Å². The number of nitrogens with one attached hydrogen (secondary N) is 1. The van der Waals surface area contributed by atoms with Gasteiger partial charge in [0, 0.05) is 11.6 Å². The van der Waals surface area contributed by atoms with Crippen molar-refractivity contribution in [2.24, 2.45) is 11.1 Å². The van der Waals surface area contributed by atoms with Crippen LogP contribution in [0.3, 0.4) is 0 Å². The molecule has 1 unspecified atom stereocenters. The average molecular weight is 346 g/mol. The highest BCUT2D eigenvalue weighted by Gasteiger charge is 2.28. The summed E-state index contributed by atoms with van der Waals surface area (Å²) in [6, 6.07) is 7.32. The van der Waals surface area contributed by atoms with Gasteiger partial charge in [0.1, 0.15) is 12.3 Å². The zero-order valence-electron chi connectivity index (χ0n) is 14.7. The van der Waals surface area contributed by atoms with Crippen molar-refractivity contribution in [1.82, 2.24) is 0 Å². The minimum Gasteiger partial charge on any atom is -0.491 e. The fourth-order valence-corrected chi connectivity index (χ4v) is 2.63. The third-order valence-corrected chi connectivity index (χ3v) is 4.09. The number of nitrogens with two attached hydrogens (primary N) is 1. The fourth-order valence-electron chi connectivity index (χ4n) is 2.63. The molecule has 0 fully saturated rings. The minimum atomic E-state index is -0.806. The van der Waals surface area contributed by atoms with Crippen LogP contribution in [0.2, 0.25) is 0 Å². The molecule has 0 spiro atoms. The third kappa shape index (κ3) is 3.99. The van der Waals surface area contributed by atoms with E-state index in [4.69, 9.17) is 15.2 Å². The number of methoxy groups -OCH3 is 1. The van der Waals surface area contributed by atoms with Crippen LogP contribution in [0.5, 0.6) is 5.75 Å². The van der Waals surface area contributed by atoms with Crippen molar-refractivity contribution in [3.8, 4) is 5.75 Å². The number of hydrogen-bond donors (Lipinski definition) is 2. The van der Waals surface area contributed by atoms with Crippen LogP contribution < -0.4 is 26.6 Å². The predicted molar refractivity (Wildman–Crippen MR) is 95.4 cm³/mol. The maximum absolute atomic E-state index is 11.6. The SMILES string of the molecule is COc1c(Nc2ccc(C(COC(N)=O)C(C)(C)C)cc2)c(=O)c1=O. The van der Waals surface area contributed by atoms with E-state index in [1.54, 1.807) is 12.1 Å². The average Bonchev–Trinajstić information content (AvgIpc) is 2.54. The second-order valence-electron chi connectivity index (χ2n) is 6.86. The molecule has 0 saturated carbocycles. The van der Waals surface area contributed by atoms with Crippen molar-refractivity contribution >= 4 is 17.5 Å². The van der Waals surface area contributed by atoms with E-state index in [9.17, 15) is 14.4 Å². The second kappa shape index (κ2) is 6.96. The van der Waals surface area contributed by atoms with Gasteiger partial charge >= 0.3 is 6.09 Å².